The van der Waals surface area contributed by atoms with Gasteiger partial charge < -0.3 is 10.1 Å². The molecule has 3 heteroatoms. The van der Waals surface area contributed by atoms with Gasteiger partial charge in [-0.05, 0) is 37.6 Å². The maximum Gasteiger partial charge on any atom is 0.142 e. The largest absolute Gasteiger partial charge is 0.487 e. The first-order chi connectivity index (χ1) is 9.79. The van der Waals surface area contributed by atoms with Crippen LogP contribution in [0.25, 0.3) is 0 Å². The van der Waals surface area contributed by atoms with E-state index in [1.54, 1.807) is 0 Å². The molecule has 3 nitrogen and oxygen atoms in total. The third kappa shape index (κ3) is 4.35. The molecule has 0 aliphatic heterocycles. The minimum Gasteiger partial charge on any atom is -0.487 e. The molecular weight excluding hydrogens is 248 g/mol. The van der Waals surface area contributed by atoms with E-state index in [1.165, 1.54) is 5.56 Å². The van der Waals surface area contributed by atoms with Crippen molar-refractivity contribution < 1.29 is 4.74 Å². The molecule has 2 aromatic rings. The number of ether oxygens (including phenoxy) is 1. The summed E-state index contributed by atoms with van der Waals surface area (Å²) in [5, 5.41) is 3.37. The van der Waals surface area contributed by atoms with Gasteiger partial charge in [-0.3, -0.25) is 4.98 Å². The average molecular weight is 270 g/mol. The molecule has 0 unspecified atom stereocenters. The zero-order valence-corrected chi connectivity index (χ0v) is 12.2. The summed E-state index contributed by atoms with van der Waals surface area (Å²) in [5.74, 6) is 0.864. The van der Waals surface area contributed by atoms with E-state index >= 15 is 0 Å². The fourth-order valence-corrected chi connectivity index (χ4v) is 1.97. The number of nitrogens with zero attached hydrogens (tertiary/aromatic N) is 1. The Labute approximate surface area is 121 Å². The van der Waals surface area contributed by atoms with Crippen molar-refractivity contribution in [2.45, 2.75) is 33.4 Å². The summed E-state index contributed by atoms with van der Waals surface area (Å²) < 4.78 is 5.91. The molecule has 0 radical (unpaired) electrons. The zero-order valence-electron chi connectivity index (χ0n) is 12.2. The van der Waals surface area contributed by atoms with Gasteiger partial charge in [0.25, 0.3) is 0 Å². The molecular formula is C17H22N2O. The molecule has 0 aliphatic carbocycles. The van der Waals surface area contributed by atoms with Crippen LogP contribution in [0.15, 0.2) is 42.5 Å². The maximum absolute atomic E-state index is 5.91. The van der Waals surface area contributed by atoms with Gasteiger partial charge in [-0.25, -0.2) is 0 Å². The number of rotatable bonds is 7. The van der Waals surface area contributed by atoms with Crippen molar-refractivity contribution in [3.8, 4) is 5.75 Å². The van der Waals surface area contributed by atoms with E-state index in [2.05, 4.69) is 29.4 Å². The van der Waals surface area contributed by atoms with Crippen molar-refractivity contribution >= 4 is 0 Å². The second kappa shape index (κ2) is 7.65. The van der Waals surface area contributed by atoms with Crippen LogP contribution in [0.1, 0.15) is 30.3 Å². The number of aromatic nitrogens is 1. The Kier molecular flexibility index (Phi) is 5.56. The Balaban J connectivity index is 2.02. The van der Waals surface area contributed by atoms with Gasteiger partial charge in [-0.2, -0.15) is 0 Å². The van der Waals surface area contributed by atoms with Crippen molar-refractivity contribution in [2.24, 2.45) is 0 Å². The summed E-state index contributed by atoms with van der Waals surface area (Å²) in [4.78, 5) is 4.57. The highest BCUT2D eigenvalue weighted by Crippen LogP contribution is 2.18. The van der Waals surface area contributed by atoms with Crippen LogP contribution in [0.5, 0.6) is 5.75 Å². The minimum absolute atomic E-state index is 0.576. The standard InChI is InChI=1S/C17H22N2O/c1-3-11-18-12-16-17(10-9-14(2)19-16)20-13-15-7-5-4-6-8-15/h4-10,18H,3,11-13H2,1-2H3. The van der Waals surface area contributed by atoms with Gasteiger partial charge in [-0.15, -0.1) is 0 Å². The molecule has 106 valence electrons. The van der Waals surface area contributed by atoms with Gasteiger partial charge in [0.1, 0.15) is 12.4 Å². The van der Waals surface area contributed by atoms with E-state index < -0.39 is 0 Å². The number of aryl methyl sites for hydroxylation is 1. The van der Waals surface area contributed by atoms with Crippen molar-refractivity contribution in [3.05, 3.63) is 59.4 Å². The highest BCUT2D eigenvalue weighted by atomic mass is 16.5. The Hall–Kier alpha value is -1.87. The molecule has 0 bridgehead atoms. The van der Waals surface area contributed by atoms with Crippen molar-refractivity contribution in [3.63, 3.8) is 0 Å². The fourth-order valence-electron chi connectivity index (χ4n) is 1.97. The first-order valence-corrected chi connectivity index (χ1v) is 7.13. The van der Waals surface area contributed by atoms with Gasteiger partial charge in [0, 0.05) is 12.2 Å². The maximum atomic E-state index is 5.91. The normalized spacial score (nSPS) is 10.5. The second-order valence-corrected chi connectivity index (χ2v) is 4.85. The number of hydrogen-bond donors (Lipinski definition) is 1. The smallest absolute Gasteiger partial charge is 0.142 e. The highest BCUT2D eigenvalue weighted by Gasteiger charge is 2.06. The molecule has 1 N–H and O–H groups in total. The van der Waals surface area contributed by atoms with Crippen molar-refractivity contribution in [1.82, 2.24) is 10.3 Å². The van der Waals surface area contributed by atoms with E-state index in [0.29, 0.717) is 6.61 Å². The van der Waals surface area contributed by atoms with E-state index in [-0.39, 0.29) is 0 Å². The molecule has 1 aromatic heterocycles. The molecule has 0 amide bonds. The molecule has 0 fully saturated rings. The van der Waals surface area contributed by atoms with Crippen molar-refractivity contribution in [2.75, 3.05) is 6.54 Å². The van der Waals surface area contributed by atoms with Crippen molar-refractivity contribution in [1.29, 1.82) is 0 Å². The molecule has 0 spiro atoms. The minimum atomic E-state index is 0.576. The van der Waals surface area contributed by atoms with E-state index in [9.17, 15) is 0 Å². The first kappa shape index (κ1) is 14.5. The monoisotopic (exact) mass is 270 g/mol. The van der Waals surface area contributed by atoms with Crippen LogP contribution >= 0.6 is 0 Å². The quantitative estimate of drug-likeness (QED) is 0.782. The molecule has 2 rings (SSSR count). The molecule has 0 saturated heterocycles. The number of nitrogens with one attached hydrogen (secondary N) is 1. The van der Waals surface area contributed by atoms with Crippen LogP contribution in [0.4, 0.5) is 0 Å². The van der Waals surface area contributed by atoms with Gasteiger partial charge in [-0.1, -0.05) is 37.3 Å². The summed E-state index contributed by atoms with van der Waals surface area (Å²) in [6, 6.07) is 14.2. The third-order valence-electron chi connectivity index (χ3n) is 3.03. The summed E-state index contributed by atoms with van der Waals surface area (Å²) in [5.41, 5.74) is 3.17. The summed E-state index contributed by atoms with van der Waals surface area (Å²) in [6.45, 7) is 6.48. The molecule has 1 aromatic carbocycles. The Morgan fingerprint density at radius 1 is 1.10 bits per heavy atom. The second-order valence-electron chi connectivity index (χ2n) is 4.85. The lowest BCUT2D eigenvalue weighted by molar-refractivity contribution is 0.300. The fraction of sp³-hybridized carbons (Fsp3) is 0.353. The van der Waals surface area contributed by atoms with E-state index in [4.69, 9.17) is 4.74 Å². The molecule has 0 saturated carbocycles. The number of hydrogen-bond acceptors (Lipinski definition) is 3. The highest BCUT2D eigenvalue weighted by molar-refractivity contribution is 5.29. The average Bonchev–Trinajstić information content (AvgIpc) is 2.48. The molecule has 1 heterocycles. The molecule has 0 atom stereocenters. The summed E-state index contributed by atoms with van der Waals surface area (Å²) >= 11 is 0. The van der Waals surface area contributed by atoms with E-state index in [1.807, 2.05) is 37.3 Å². The Bertz CT molecular complexity index is 526. The van der Waals surface area contributed by atoms with Gasteiger partial charge in [0.15, 0.2) is 0 Å². The Morgan fingerprint density at radius 3 is 2.65 bits per heavy atom. The van der Waals surface area contributed by atoms with Crippen LogP contribution in [0, 0.1) is 6.92 Å². The van der Waals surface area contributed by atoms with Gasteiger partial charge in [0.05, 0.1) is 5.69 Å². The SMILES string of the molecule is CCCNCc1nc(C)ccc1OCc1ccccc1. The van der Waals surface area contributed by atoms with Crippen LogP contribution in [0.3, 0.4) is 0 Å². The number of pyridine rings is 1. The first-order valence-electron chi connectivity index (χ1n) is 7.13. The predicted molar refractivity (Wildman–Crippen MR) is 81.7 cm³/mol. The van der Waals surface area contributed by atoms with Gasteiger partial charge in [0.2, 0.25) is 0 Å². The zero-order chi connectivity index (χ0) is 14.2. The lowest BCUT2D eigenvalue weighted by Gasteiger charge is -2.12. The number of benzene rings is 1. The van der Waals surface area contributed by atoms with Crippen LogP contribution < -0.4 is 10.1 Å². The third-order valence-corrected chi connectivity index (χ3v) is 3.03. The lowest BCUT2D eigenvalue weighted by Crippen LogP contribution is -2.16. The van der Waals surface area contributed by atoms with Crippen LogP contribution in [-0.4, -0.2) is 11.5 Å². The lowest BCUT2D eigenvalue weighted by atomic mass is 10.2. The van der Waals surface area contributed by atoms with Crippen LogP contribution in [-0.2, 0) is 13.2 Å². The predicted octanol–water partition coefficient (Wildman–Crippen LogP) is 3.47. The topological polar surface area (TPSA) is 34.2 Å². The van der Waals surface area contributed by atoms with Crippen LogP contribution in [0.2, 0.25) is 0 Å². The molecule has 0 aliphatic rings. The summed E-state index contributed by atoms with van der Waals surface area (Å²) in [7, 11) is 0. The van der Waals surface area contributed by atoms with E-state index in [0.717, 1.165) is 36.6 Å². The molecule has 20 heavy (non-hydrogen) atoms. The van der Waals surface area contributed by atoms with Gasteiger partial charge >= 0.3 is 0 Å². The Morgan fingerprint density at radius 2 is 1.90 bits per heavy atom. The summed E-state index contributed by atoms with van der Waals surface area (Å²) in [6.07, 6.45) is 1.12.